The van der Waals surface area contributed by atoms with Crippen LogP contribution in [0.2, 0.25) is 0 Å². The maximum absolute atomic E-state index is 4.96. The maximum atomic E-state index is 4.96. The Balaban J connectivity index is 0.000000135. The fraction of sp³-hybridized carbons (Fsp3) is 0.0426. The van der Waals surface area contributed by atoms with Gasteiger partial charge in [0.15, 0.2) is 17.5 Å². The van der Waals surface area contributed by atoms with E-state index in [1.54, 1.807) is 0 Å². The van der Waals surface area contributed by atoms with Crippen LogP contribution in [0.15, 0.2) is 359 Å². The lowest BCUT2D eigenvalue weighted by molar-refractivity contribution is 0.590. The third kappa shape index (κ3) is 16.1. The standard InChI is InChI=1S/C34H30N2.2C30H22N2/c1-5-24-11-13-25(14-12-24)26-15-17-27(18-16-26)31-23-32(28-19-21-30(22-20-28)34(2,3)4)36-33(35-31)29-9-7-6-8-10-29;1-2-22-16-18-23(19-17-22)26-14-9-15-27(20-26)29-21-28(24-10-5-3-6-11-24)31-30(32-29)25-12-7-4-8-13-25;1-2-22-13-15-23(16-14-22)24-17-19-26(20-18-24)29-21-28(25-9-5-3-6-10-25)31-30(32-29)27-11-7-4-8-12-27/h5-23H,1H2,2-4H3;2*2-21H,1H2. The Morgan fingerprint density at radius 3 is 0.690 bits per heavy atom. The topological polar surface area (TPSA) is 77.3 Å². The van der Waals surface area contributed by atoms with Gasteiger partial charge in [-0.25, -0.2) is 29.9 Å². The molecule has 480 valence electrons. The smallest absolute Gasteiger partial charge is 0.160 e. The minimum Gasteiger partial charge on any atom is -0.228 e. The quantitative estimate of drug-likeness (QED) is 0.102. The first-order valence-corrected chi connectivity index (χ1v) is 33.6. The second-order valence-corrected chi connectivity index (χ2v) is 25.3. The third-order valence-corrected chi connectivity index (χ3v) is 17.4. The van der Waals surface area contributed by atoms with Crippen LogP contribution in [0.4, 0.5) is 0 Å². The molecule has 15 aromatic rings. The molecule has 0 fully saturated rings. The molecule has 6 nitrogen and oxygen atoms in total. The van der Waals surface area contributed by atoms with E-state index >= 15 is 0 Å². The zero-order valence-corrected chi connectivity index (χ0v) is 56.4. The van der Waals surface area contributed by atoms with E-state index in [-0.39, 0.29) is 5.41 Å². The molecule has 0 aliphatic rings. The van der Waals surface area contributed by atoms with Crippen molar-refractivity contribution in [2.45, 2.75) is 26.2 Å². The summed E-state index contributed by atoms with van der Waals surface area (Å²) in [5.41, 5.74) is 26.7. The van der Waals surface area contributed by atoms with E-state index in [9.17, 15) is 0 Å². The highest BCUT2D eigenvalue weighted by atomic mass is 14.9. The molecule has 3 aromatic heterocycles. The van der Waals surface area contributed by atoms with Gasteiger partial charge < -0.3 is 0 Å². The first kappa shape index (κ1) is 65.7. The monoisotopic (exact) mass is 1290 g/mol. The molecule has 100 heavy (non-hydrogen) atoms. The summed E-state index contributed by atoms with van der Waals surface area (Å²) in [4.78, 5) is 29.5. The summed E-state index contributed by atoms with van der Waals surface area (Å²) in [6, 6.07) is 117. The van der Waals surface area contributed by atoms with E-state index in [1.165, 1.54) is 27.8 Å². The van der Waals surface area contributed by atoms with Crippen LogP contribution in [-0.4, -0.2) is 29.9 Å². The SMILES string of the molecule is C=Cc1ccc(-c2ccc(-c3cc(-c4ccc(C(C)(C)C)cc4)nc(-c4ccccc4)n3)cc2)cc1.C=Cc1ccc(-c2ccc(-c3cc(-c4ccccc4)nc(-c4ccccc4)n3)cc2)cc1.C=Cc1ccc(-c2cccc(-c3cc(-c4ccccc4)nc(-c4ccccc4)n3)c2)cc1. The van der Waals surface area contributed by atoms with Gasteiger partial charge >= 0.3 is 0 Å². The minimum absolute atomic E-state index is 0.109. The van der Waals surface area contributed by atoms with Crippen LogP contribution in [0.1, 0.15) is 43.0 Å². The lowest BCUT2D eigenvalue weighted by Crippen LogP contribution is -2.10. The Hall–Kier alpha value is -12.9. The van der Waals surface area contributed by atoms with Gasteiger partial charge in [-0.1, -0.05) is 374 Å². The van der Waals surface area contributed by atoms with Gasteiger partial charge in [0.2, 0.25) is 0 Å². The van der Waals surface area contributed by atoms with Crippen LogP contribution in [0.25, 0.3) is 153 Å². The van der Waals surface area contributed by atoms with Crippen molar-refractivity contribution in [3.63, 3.8) is 0 Å². The van der Waals surface area contributed by atoms with Crippen molar-refractivity contribution >= 4 is 18.2 Å². The van der Waals surface area contributed by atoms with Gasteiger partial charge in [-0.2, -0.15) is 0 Å². The van der Waals surface area contributed by atoms with Crippen molar-refractivity contribution in [2.75, 3.05) is 0 Å². The molecule has 0 unspecified atom stereocenters. The van der Waals surface area contributed by atoms with Crippen molar-refractivity contribution < 1.29 is 0 Å². The predicted molar refractivity (Wildman–Crippen MR) is 420 cm³/mol. The fourth-order valence-electron chi connectivity index (χ4n) is 11.7. The van der Waals surface area contributed by atoms with E-state index < -0.39 is 0 Å². The highest BCUT2D eigenvalue weighted by Gasteiger charge is 2.17. The largest absolute Gasteiger partial charge is 0.228 e. The van der Waals surface area contributed by atoms with Gasteiger partial charge in [-0.3, -0.25) is 0 Å². The van der Waals surface area contributed by atoms with E-state index in [4.69, 9.17) is 29.9 Å². The molecule has 3 heterocycles. The molecule has 15 rings (SSSR count). The summed E-state index contributed by atoms with van der Waals surface area (Å²) in [7, 11) is 0. The summed E-state index contributed by atoms with van der Waals surface area (Å²) in [6.45, 7) is 18.2. The van der Waals surface area contributed by atoms with Crippen molar-refractivity contribution in [3.05, 3.63) is 382 Å². The number of benzene rings is 12. The lowest BCUT2D eigenvalue weighted by Gasteiger charge is -2.19. The molecular formula is C94H74N6. The number of rotatable bonds is 15. The first-order chi connectivity index (χ1) is 49.0. The van der Waals surface area contributed by atoms with Gasteiger partial charge in [-0.15, -0.1) is 0 Å². The highest BCUT2D eigenvalue weighted by molar-refractivity contribution is 5.79. The fourth-order valence-corrected chi connectivity index (χ4v) is 11.7. The van der Waals surface area contributed by atoms with E-state index in [0.717, 1.165) is 130 Å². The van der Waals surface area contributed by atoms with Crippen LogP contribution in [0, 0.1) is 0 Å². The van der Waals surface area contributed by atoms with Crippen molar-refractivity contribution in [3.8, 4) is 135 Å². The number of aromatic nitrogens is 6. The molecule has 0 aliphatic carbocycles. The Kier molecular flexibility index (Phi) is 20.3. The molecule has 0 bridgehead atoms. The number of hydrogen-bond donors (Lipinski definition) is 0. The van der Waals surface area contributed by atoms with E-state index in [2.05, 4.69) is 265 Å². The highest BCUT2D eigenvalue weighted by Crippen LogP contribution is 2.35. The molecule has 12 aromatic carbocycles. The zero-order valence-electron chi connectivity index (χ0n) is 56.4. The molecule has 6 heteroatoms. The summed E-state index contributed by atoms with van der Waals surface area (Å²) < 4.78 is 0. The molecule has 0 amide bonds. The van der Waals surface area contributed by atoms with Crippen LogP contribution in [0.5, 0.6) is 0 Å². The van der Waals surface area contributed by atoms with Crippen LogP contribution in [0.3, 0.4) is 0 Å². The third-order valence-electron chi connectivity index (χ3n) is 17.4. The number of nitrogens with zero attached hydrogens (tertiary/aromatic N) is 6. The molecule has 0 saturated carbocycles. The molecule has 0 saturated heterocycles. The summed E-state index contributed by atoms with van der Waals surface area (Å²) in [6.07, 6.45) is 5.58. The van der Waals surface area contributed by atoms with Crippen LogP contribution >= 0.6 is 0 Å². The van der Waals surface area contributed by atoms with Crippen molar-refractivity contribution in [2.24, 2.45) is 0 Å². The van der Waals surface area contributed by atoms with E-state index in [0.29, 0.717) is 0 Å². The maximum Gasteiger partial charge on any atom is 0.160 e. The molecule has 0 atom stereocenters. The second-order valence-electron chi connectivity index (χ2n) is 25.3. The molecule has 0 radical (unpaired) electrons. The first-order valence-electron chi connectivity index (χ1n) is 33.6. The van der Waals surface area contributed by atoms with Gasteiger partial charge in [-0.05, 0) is 85.3 Å². The van der Waals surface area contributed by atoms with Gasteiger partial charge in [0.25, 0.3) is 0 Å². The Labute approximate surface area is 587 Å². The van der Waals surface area contributed by atoms with Crippen LogP contribution in [-0.2, 0) is 5.41 Å². The molecule has 0 N–H and O–H groups in total. The van der Waals surface area contributed by atoms with Crippen LogP contribution < -0.4 is 0 Å². The van der Waals surface area contributed by atoms with E-state index in [1.807, 2.05) is 133 Å². The Bertz CT molecular complexity index is 5110. The number of hydrogen-bond acceptors (Lipinski definition) is 6. The van der Waals surface area contributed by atoms with Gasteiger partial charge in [0.1, 0.15) is 0 Å². The predicted octanol–water partition coefficient (Wildman–Crippen LogP) is 24.7. The summed E-state index contributed by atoms with van der Waals surface area (Å²) in [5, 5.41) is 0. The average Bonchev–Trinajstić information content (AvgIpc) is 0.813. The van der Waals surface area contributed by atoms with Crippen molar-refractivity contribution in [1.82, 2.24) is 29.9 Å². The second kappa shape index (κ2) is 30.9. The molecule has 0 spiro atoms. The zero-order chi connectivity index (χ0) is 68.6. The summed E-state index contributed by atoms with van der Waals surface area (Å²) >= 11 is 0. The molecular weight excluding hydrogens is 1210 g/mol. The molecule has 0 aliphatic heterocycles. The Morgan fingerprint density at radius 1 is 0.200 bits per heavy atom. The summed E-state index contributed by atoms with van der Waals surface area (Å²) in [5.74, 6) is 2.18. The lowest BCUT2D eigenvalue weighted by atomic mass is 9.86. The normalized spacial score (nSPS) is 10.9. The Morgan fingerprint density at radius 2 is 0.410 bits per heavy atom. The average molecular weight is 1290 g/mol. The minimum atomic E-state index is 0.109. The van der Waals surface area contributed by atoms with Gasteiger partial charge in [0, 0.05) is 50.1 Å². The van der Waals surface area contributed by atoms with Gasteiger partial charge in [0.05, 0.1) is 34.2 Å². The van der Waals surface area contributed by atoms with Crippen molar-refractivity contribution in [1.29, 1.82) is 0 Å².